The van der Waals surface area contributed by atoms with Crippen molar-refractivity contribution in [1.82, 2.24) is 13.9 Å². The molecule has 3 rings (SSSR count). The highest BCUT2D eigenvalue weighted by Gasteiger charge is 2.42. The molecule has 26 heavy (non-hydrogen) atoms. The Morgan fingerprint density at radius 1 is 1.00 bits per heavy atom. The molecule has 2 aliphatic heterocycles. The SMILES string of the molecule is CC(=O)N[C@@H]1CN(S(=O)(=O)N2CCCCCC2)C[C@H]1c1ccc(C)cc1. The topological polar surface area (TPSA) is 69.7 Å². The fourth-order valence-corrected chi connectivity index (χ4v) is 5.69. The van der Waals surface area contributed by atoms with Crippen molar-refractivity contribution in [2.75, 3.05) is 26.2 Å². The minimum absolute atomic E-state index is 0.0266. The van der Waals surface area contributed by atoms with Crippen LogP contribution in [0.1, 0.15) is 49.7 Å². The Morgan fingerprint density at radius 2 is 1.62 bits per heavy atom. The van der Waals surface area contributed by atoms with E-state index in [1.807, 2.05) is 31.2 Å². The van der Waals surface area contributed by atoms with Crippen LogP contribution in [0.2, 0.25) is 0 Å². The summed E-state index contributed by atoms with van der Waals surface area (Å²) in [6, 6.07) is 7.95. The van der Waals surface area contributed by atoms with Crippen LogP contribution in [0.5, 0.6) is 0 Å². The number of benzene rings is 1. The van der Waals surface area contributed by atoms with Crippen LogP contribution in [0.15, 0.2) is 24.3 Å². The quantitative estimate of drug-likeness (QED) is 0.870. The number of nitrogens with one attached hydrogen (secondary N) is 1. The van der Waals surface area contributed by atoms with Gasteiger partial charge in [-0.2, -0.15) is 17.0 Å². The first kappa shape index (κ1) is 19.3. The van der Waals surface area contributed by atoms with Gasteiger partial charge in [-0.25, -0.2) is 0 Å². The maximum absolute atomic E-state index is 13.1. The second-order valence-electron chi connectivity index (χ2n) is 7.46. The first-order valence-corrected chi connectivity index (χ1v) is 10.9. The second kappa shape index (κ2) is 8.06. The summed E-state index contributed by atoms with van der Waals surface area (Å²) >= 11 is 0. The van der Waals surface area contributed by atoms with Crippen molar-refractivity contribution in [3.63, 3.8) is 0 Å². The molecule has 0 unspecified atom stereocenters. The summed E-state index contributed by atoms with van der Waals surface area (Å²) < 4.78 is 29.5. The van der Waals surface area contributed by atoms with Gasteiger partial charge in [0.2, 0.25) is 5.91 Å². The number of carbonyl (C=O) groups is 1. The summed E-state index contributed by atoms with van der Waals surface area (Å²) in [5.74, 6) is -0.151. The third kappa shape index (κ3) is 4.27. The zero-order valence-electron chi connectivity index (χ0n) is 15.6. The average molecular weight is 380 g/mol. The first-order chi connectivity index (χ1) is 12.4. The van der Waals surface area contributed by atoms with Gasteiger partial charge in [0, 0.05) is 39.0 Å². The summed E-state index contributed by atoms with van der Waals surface area (Å²) in [4.78, 5) is 11.6. The van der Waals surface area contributed by atoms with Crippen molar-refractivity contribution in [3.8, 4) is 0 Å². The molecule has 2 aliphatic rings. The summed E-state index contributed by atoms with van der Waals surface area (Å²) in [7, 11) is -3.49. The van der Waals surface area contributed by atoms with E-state index >= 15 is 0 Å². The first-order valence-electron chi connectivity index (χ1n) is 9.47. The van der Waals surface area contributed by atoms with E-state index in [4.69, 9.17) is 0 Å². The molecule has 0 aromatic heterocycles. The molecule has 2 heterocycles. The number of amides is 1. The van der Waals surface area contributed by atoms with Crippen molar-refractivity contribution in [2.45, 2.75) is 51.5 Å². The van der Waals surface area contributed by atoms with Gasteiger partial charge < -0.3 is 5.32 Å². The Hall–Kier alpha value is -1.44. The van der Waals surface area contributed by atoms with E-state index in [1.165, 1.54) is 6.92 Å². The molecule has 2 saturated heterocycles. The van der Waals surface area contributed by atoms with E-state index in [2.05, 4.69) is 5.32 Å². The van der Waals surface area contributed by atoms with E-state index < -0.39 is 10.2 Å². The van der Waals surface area contributed by atoms with E-state index in [-0.39, 0.29) is 17.9 Å². The maximum atomic E-state index is 13.1. The van der Waals surface area contributed by atoms with Crippen molar-refractivity contribution < 1.29 is 13.2 Å². The van der Waals surface area contributed by atoms with Crippen molar-refractivity contribution >= 4 is 16.1 Å². The van der Waals surface area contributed by atoms with Gasteiger partial charge >= 0.3 is 0 Å². The lowest BCUT2D eigenvalue weighted by molar-refractivity contribution is -0.119. The fourth-order valence-electron chi connectivity index (χ4n) is 3.95. The lowest BCUT2D eigenvalue weighted by Crippen LogP contribution is -2.45. The molecule has 7 heteroatoms. The molecule has 2 fully saturated rings. The van der Waals surface area contributed by atoms with Gasteiger partial charge in [0.15, 0.2) is 0 Å². The maximum Gasteiger partial charge on any atom is 0.282 e. The van der Waals surface area contributed by atoms with Crippen LogP contribution in [-0.2, 0) is 15.0 Å². The van der Waals surface area contributed by atoms with Crippen molar-refractivity contribution in [2.24, 2.45) is 0 Å². The number of nitrogens with zero attached hydrogens (tertiary/aromatic N) is 2. The van der Waals surface area contributed by atoms with Crippen LogP contribution in [0.3, 0.4) is 0 Å². The summed E-state index contributed by atoms with van der Waals surface area (Å²) in [6.07, 6.45) is 4.02. The highest BCUT2D eigenvalue weighted by atomic mass is 32.2. The zero-order chi connectivity index (χ0) is 18.7. The molecule has 144 valence electrons. The monoisotopic (exact) mass is 379 g/mol. The number of hydrogen-bond acceptors (Lipinski definition) is 3. The van der Waals surface area contributed by atoms with Crippen LogP contribution in [0, 0.1) is 6.92 Å². The lowest BCUT2D eigenvalue weighted by atomic mass is 9.93. The smallest absolute Gasteiger partial charge is 0.282 e. The summed E-state index contributed by atoms with van der Waals surface area (Å²) in [6.45, 7) is 5.44. The Morgan fingerprint density at radius 3 is 2.19 bits per heavy atom. The molecule has 0 aliphatic carbocycles. The predicted octanol–water partition coefficient (Wildman–Crippen LogP) is 2.02. The fraction of sp³-hybridized carbons (Fsp3) is 0.632. The van der Waals surface area contributed by atoms with Crippen molar-refractivity contribution in [3.05, 3.63) is 35.4 Å². The third-order valence-corrected chi connectivity index (χ3v) is 7.37. The molecule has 0 radical (unpaired) electrons. The molecule has 1 aromatic rings. The molecule has 2 atom stereocenters. The van der Waals surface area contributed by atoms with Gasteiger partial charge in [-0.15, -0.1) is 0 Å². The standard InChI is InChI=1S/C19H29N3O3S/c1-15-7-9-17(10-8-15)18-13-22(14-19(18)20-16(2)23)26(24,25)21-11-5-3-4-6-12-21/h7-10,18-19H,3-6,11-14H2,1-2H3,(H,20,23)/t18-,19+/m0/s1. The predicted molar refractivity (Wildman–Crippen MR) is 102 cm³/mol. The molecule has 1 aromatic carbocycles. The summed E-state index contributed by atoms with van der Waals surface area (Å²) in [5, 5.41) is 2.96. The minimum Gasteiger partial charge on any atom is -0.352 e. The van der Waals surface area contributed by atoms with Gasteiger partial charge in [0.05, 0.1) is 6.04 Å². The number of carbonyl (C=O) groups excluding carboxylic acids is 1. The van der Waals surface area contributed by atoms with E-state index in [0.717, 1.165) is 36.8 Å². The number of aryl methyl sites for hydroxylation is 1. The third-order valence-electron chi connectivity index (χ3n) is 5.40. The average Bonchev–Trinajstić information content (AvgIpc) is 2.82. The molecular weight excluding hydrogens is 350 g/mol. The molecule has 0 saturated carbocycles. The molecule has 1 amide bonds. The number of hydrogen-bond donors (Lipinski definition) is 1. The minimum atomic E-state index is -3.49. The Bertz CT molecular complexity index is 725. The lowest BCUT2D eigenvalue weighted by Gasteiger charge is -2.26. The summed E-state index contributed by atoms with van der Waals surface area (Å²) in [5.41, 5.74) is 2.24. The van der Waals surface area contributed by atoms with Gasteiger partial charge in [-0.3, -0.25) is 4.79 Å². The molecule has 0 bridgehead atoms. The van der Waals surface area contributed by atoms with Gasteiger partial charge in [0.1, 0.15) is 0 Å². The van der Waals surface area contributed by atoms with Crippen molar-refractivity contribution in [1.29, 1.82) is 0 Å². The molecular formula is C19H29N3O3S. The van der Waals surface area contributed by atoms with Crippen LogP contribution in [0.4, 0.5) is 0 Å². The zero-order valence-corrected chi connectivity index (χ0v) is 16.5. The van der Waals surface area contributed by atoms with Crippen LogP contribution >= 0.6 is 0 Å². The van der Waals surface area contributed by atoms with E-state index in [0.29, 0.717) is 26.2 Å². The second-order valence-corrected chi connectivity index (χ2v) is 9.39. The van der Waals surface area contributed by atoms with Crippen LogP contribution in [-0.4, -0.2) is 55.2 Å². The number of rotatable bonds is 4. The highest BCUT2D eigenvalue weighted by Crippen LogP contribution is 2.31. The normalized spacial score (nSPS) is 25.8. The largest absolute Gasteiger partial charge is 0.352 e. The Kier molecular flexibility index (Phi) is 5.99. The van der Waals surface area contributed by atoms with E-state index in [1.54, 1.807) is 8.61 Å². The van der Waals surface area contributed by atoms with Crippen LogP contribution in [0.25, 0.3) is 0 Å². The molecule has 1 N–H and O–H groups in total. The Labute approximate surface area is 156 Å². The molecule has 6 nitrogen and oxygen atoms in total. The highest BCUT2D eigenvalue weighted by molar-refractivity contribution is 7.86. The van der Waals surface area contributed by atoms with Gasteiger partial charge in [-0.05, 0) is 25.3 Å². The Balaban J connectivity index is 1.82. The van der Waals surface area contributed by atoms with Gasteiger partial charge in [-0.1, -0.05) is 42.7 Å². The van der Waals surface area contributed by atoms with E-state index in [9.17, 15) is 13.2 Å². The molecule has 0 spiro atoms. The van der Waals surface area contributed by atoms with Gasteiger partial charge in [0.25, 0.3) is 10.2 Å². The van der Waals surface area contributed by atoms with Crippen LogP contribution < -0.4 is 5.32 Å².